The summed E-state index contributed by atoms with van der Waals surface area (Å²) in [5.74, 6) is 1.27. The van der Waals surface area contributed by atoms with Gasteiger partial charge in [0.2, 0.25) is 0 Å². The van der Waals surface area contributed by atoms with Crippen molar-refractivity contribution in [1.82, 2.24) is 15.0 Å². The van der Waals surface area contributed by atoms with E-state index in [2.05, 4.69) is 10.1 Å². The molecule has 0 saturated carbocycles. The minimum atomic E-state index is -0.0239. The van der Waals surface area contributed by atoms with Gasteiger partial charge in [0.1, 0.15) is 5.76 Å². The van der Waals surface area contributed by atoms with Crippen LogP contribution in [-0.2, 0) is 6.54 Å². The van der Waals surface area contributed by atoms with Crippen LogP contribution in [0, 0.1) is 13.8 Å². The molecule has 0 radical (unpaired) electrons. The van der Waals surface area contributed by atoms with E-state index < -0.39 is 0 Å². The fraction of sp³-hybridized carbons (Fsp3) is 0.500. The van der Waals surface area contributed by atoms with Crippen molar-refractivity contribution >= 4 is 5.91 Å². The number of nitrogens with zero attached hydrogens (tertiary/aromatic N) is 3. The summed E-state index contributed by atoms with van der Waals surface area (Å²) in [4.78, 5) is 16.6. The molecule has 0 N–H and O–H groups in total. The topological polar surface area (TPSA) is 62.7 Å². The lowest BCUT2D eigenvalue weighted by Gasteiger charge is -2.21. The monoisotopic (exact) mass is 303 g/mol. The van der Waals surface area contributed by atoms with Gasteiger partial charge in [-0.05, 0) is 32.4 Å². The molecule has 2 aromatic rings. The molecule has 0 bridgehead atoms. The lowest BCUT2D eigenvalue weighted by molar-refractivity contribution is 0.0729. The van der Waals surface area contributed by atoms with E-state index in [1.807, 2.05) is 18.7 Å². The molecule has 1 aliphatic rings. The van der Waals surface area contributed by atoms with Gasteiger partial charge in [0.15, 0.2) is 5.76 Å². The van der Waals surface area contributed by atoms with Crippen molar-refractivity contribution < 1.29 is 13.7 Å². The normalized spacial score (nSPS) is 16.7. The summed E-state index contributed by atoms with van der Waals surface area (Å²) in [7, 11) is 0. The minimum absolute atomic E-state index is 0.0239. The van der Waals surface area contributed by atoms with E-state index in [4.69, 9.17) is 8.94 Å². The van der Waals surface area contributed by atoms with E-state index in [0.29, 0.717) is 12.3 Å². The summed E-state index contributed by atoms with van der Waals surface area (Å²) in [5.41, 5.74) is 2.11. The van der Waals surface area contributed by atoms with E-state index in [9.17, 15) is 4.79 Å². The molecule has 118 valence electrons. The largest absolute Gasteiger partial charge is 0.459 e. The Balaban J connectivity index is 1.62. The van der Waals surface area contributed by atoms with Gasteiger partial charge in [-0.2, -0.15) is 0 Å². The van der Waals surface area contributed by atoms with E-state index in [-0.39, 0.29) is 5.91 Å². The summed E-state index contributed by atoms with van der Waals surface area (Å²) < 4.78 is 10.4. The van der Waals surface area contributed by atoms with Crippen LogP contribution < -0.4 is 0 Å². The van der Waals surface area contributed by atoms with Crippen molar-refractivity contribution in [2.24, 2.45) is 0 Å². The summed E-state index contributed by atoms with van der Waals surface area (Å²) in [5, 5.41) is 4.00. The number of carbonyl (C=O) groups is 1. The highest BCUT2D eigenvalue weighted by Gasteiger charge is 2.23. The SMILES string of the molecule is Cc1noc(C)c1CN1CCCN(C(=O)c2ccco2)CC1. The lowest BCUT2D eigenvalue weighted by Crippen LogP contribution is -2.35. The number of hydrogen-bond donors (Lipinski definition) is 0. The fourth-order valence-corrected chi connectivity index (χ4v) is 2.84. The molecule has 2 aromatic heterocycles. The Bertz CT molecular complexity index is 614. The zero-order chi connectivity index (χ0) is 15.5. The number of amides is 1. The predicted octanol–water partition coefficient (Wildman–Crippen LogP) is 2.23. The molecule has 3 heterocycles. The van der Waals surface area contributed by atoms with Crippen LogP contribution in [0.5, 0.6) is 0 Å². The van der Waals surface area contributed by atoms with Crippen molar-refractivity contribution in [3.8, 4) is 0 Å². The maximum Gasteiger partial charge on any atom is 0.289 e. The third-order valence-electron chi connectivity index (χ3n) is 4.17. The molecular weight excluding hydrogens is 282 g/mol. The van der Waals surface area contributed by atoms with Gasteiger partial charge in [0, 0.05) is 38.3 Å². The summed E-state index contributed by atoms with van der Waals surface area (Å²) in [6.07, 6.45) is 2.49. The molecule has 1 fully saturated rings. The van der Waals surface area contributed by atoms with E-state index in [1.54, 1.807) is 12.1 Å². The van der Waals surface area contributed by atoms with Crippen LogP contribution >= 0.6 is 0 Å². The molecular formula is C16H21N3O3. The third-order valence-corrected chi connectivity index (χ3v) is 4.17. The first-order chi connectivity index (χ1) is 10.6. The molecule has 1 aliphatic heterocycles. The summed E-state index contributed by atoms with van der Waals surface area (Å²) in [6.45, 7) is 8.02. The highest BCUT2D eigenvalue weighted by Crippen LogP contribution is 2.17. The lowest BCUT2D eigenvalue weighted by atomic mass is 10.2. The molecule has 22 heavy (non-hydrogen) atoms. The first-order valence-corrected chi connectivity index (χ1v) is 7.62. The Morgan fingerprint density at radius 1 is 1.27 bits per heavy atom. The van der Waals surface area contributed by atoms with Gasteiger partial charge in [-0.25, -0.2) is 0 Å². The van der Waals surface area contributed by atoms with Gasteiger partial charge in [-0.3, -0.25) is 9.69 Å². The van der Waals surface area contributed by atoms with Crippen molar-refractivity contribution in [3.63, 3.8) is 0 Å². The Morgan fingerprint density at radius 3 is 2.82 bits per heavy atom. The predicted molar refractivity (Wildman–Crippen MR) is 80.5 cm³/mol. The maximum atomic E-state index is 12.3. The van der Waals surface area contributed by atoms with Crippen molar-refractivity contribution in [2.75, 3.05) is 26.2 Å². The summed E-state index contributed by atoms with van der Waals surface area (Å²) in [6, 6.07) is 3.46. The molecule has 1 amide bonds. The number of hydrogen-bond acceptors (Lipinski definition) is 5. The van der Waals surface area contributed by atoms with Gasteiger partial charge in [0.25, 0.3) is 5.91 Å². The van der Waals surface area contributed by atoms with Crippen molar-refractivity contribution in [1.29, 1.82) is 0 Å². The van der Waals surface area contributed by atoms with E-state index in [0.717, 1.165) is 49.6 Å². The quantitative estimate of drug-likeness (QED) is 0.870. The van der Waals surface area contributed by atoms with Crippen LogP contribution in [-0.4, -0.2) is 47.0 Å². The number of furan rings is 1. The van der Waals surface area contributed by atoms with Gasteiger partial charge in [-0.15, -0.1) is 0 Å². The Kier molecular flexibility index (Phi) is 4.29. The van der Waals surface area contributed by atoms with Gasteiger partial charge >= 0.3 is 0 Å². The van der Waals surface area contributed by atoms with E-state index >= 15 is 0 Å². The second-order valence-electron chi connectivity index (χ2n) is 5.70. The number of carbonyl (C=O) groups excluding carboxylic acids is 1. The van der Waals surface area contributed by atoms with Gasteiger partial charge < -0.3 is 13.8 Å². The molecule has 0 spiro atoms. The Labute approximate surface area is 129 Å². The van der Waals surface area contributed by atoms with Crippen LogP contribution in [0.15, 0.2) is 27.3 Å². The molecule has 0 aliphatic carbocycles. The third kappa shape index (κ3) is 3.06. The minimum Gasteiger partial charge on any atom is -0.459 e. The smallest absolute Gasteiger partial charge is 0.289 e. The van der Waals surface area contributed by atoms with E-state index in [1.165, 1.54) is 6.26 Å². The first-order valence-electron chi connectivity index (χ1n) is 7.62. The Hall–Kier alpha value is -2.08. The highest BCUT2D eigenvalue weighted by molar-refractivity contribution is 5.91. The second kappa shape index (κ2) is 6.36. The molecule has 6 heteroatoms. The molecule has 1 saturated heterocycles. The molecule has 6 nitrogen and oxygen atoms in total. The Morgan fingerprint density at radius 2 is 2.14 bits per heavy atom. The average molecular weight is 303 g/mol. The van der Waals surface area contributed by atoms with Crippen LogP contribution in [0.2, 0.25) is 0 Å². The second-order valence-corrected chi connectivity index (χ2v) is 5.70. The average Bonchev–Trinajstić information content (AvgIpc) is 3.07. The molecule has 0 aromatic carbocycles. The summed E-state index contributed by atoms with van der Waals surface area (Å²) >= 11 is 0. The maximum absolute atomic E-state index is 12.3. The van der Waals surface area contributed by atoms with Crippen molar-refractivity contribution in [2.45, 2.75) is 26.8 Å². The van der Waals surface area contributed by atoms with Crippen LogP contribution in [0.4, 0.5) is 0 Å². The number of aromatic nitrogens is 1. The van der Waals surface area contributed by atoms with Gasteiger partial charge in [-0.1, -0.05) is 5.16 Å². The van der Waals surface area contributed by atoms with Crippen molar-refractivity contribution in [3.05, 3.63) is 41.2 Å². The zero-order valence-electron chi connectivity index (χ0n) is 13.0. The molecule has 3 rings (SSSR count). The fourth-order valence-electron chi connectivity index (χ4n) is 2.84. The van der Waals surface area contributed by atoms with Gasteiger partial charge in [0.05, 0.1) is 12.0 Å². The number of rotatable bonds is 3. The first kappa shape index (κ1) is 14.8. The zero-order valence-corrected chi connectivity index (χ0v) is 13.0. The van der Waals surface area contributed by atoms with Crippen LogP contribution in [0.3, 0.4) is 0 Å². The standard InChI is InChI=1S/C16H21N3O3/c1-12-14(13(2)22-17-12)11-18-6-4-7-19(9-8-18)16(20)15-5-3-10-21-15/h3,5,10H,4,6-9,11H2,1-2H3. The van der Waals surface area contributed by atoms with Crippen LogP contribution in [0.25, 0.3) is 0 Å². The number of aryl methyl sites for hydroxylation is 2. The molecule has 0 atom stereocenters. The molecule has 0 unspecified atom stereocenters. The highest BCUT2D eigenvalue weighted by atomic mass is 16.5. The van der Waals surface area contributed by atoms with Crippen LogP contribution in [0.1, 0.15) is 34.0 Å².